The van der Waals surface area contributed by atoms with Gasteiger partial charge in [-0.05, 0) is 10.8 Å². The quantitative estimate of drug-likeness (QED) is 0.364. The summed E-state index contributed by atoms with van der Waals surface area (Å²) in [4.78, 5) is 0. The fourth-order valence-corrected chi connectivity index (χ4v) is 1.64. The summed E-state index contributed by atoms with van der Waals surface area (Å²) in [6.07, 6.45) is 4.16. The molecule has 0 N–H and O–H groups in total. The van der Waals surface area contributed by atoms with Crippen molar-refractivity contribution >= 4 is 19.0 Å². The lowest BCUT2D eigenvalue weighted by Crippen LogP contribution is -1.34. The molecule has 1 heterocycles. The van der Waals surface area contributed by atoms with Gasteiger partial charge >= 0.3 is 0 Å². The standard InChI is InChI=1S/C4H7PS/c5-6-3-1-2-4-6/h1-4,6H,5H2. The van der Waals surface area contributed by atoms with Gasteiger partial charge in [-0.3, -0.25) is 0 Å². The zero-order valence-corrected chi connectivity index (χ0v) is 5.38. The van der Waals surface area contributed by atoms with Crippen LogP contribution in [0.4, 0.5) is 0 Å². The molecule has 0 aromatic heterocycles. The van der Waals surface area contributed by atoms with Crippen LogP contribution in [0.3, 0.4) is 0 Å². The van der Waals surface area contributed by atoms with Gasteiger partial charge in [0, 0.05) is 0 Å². The second-order valence-electron chi connectivity index (χ2n) is 1.13. The first kappa shape index (κ1) is 4.42. The lowest BCUT2D eigenvalue weighted by Gasteiger charge is -1.92. The van der Waals surface area contributed by atoms with Gasteiger partial charge < -0.3 is 0 Å². The zero-order valence-electron chi connectivity index (χ0n) is 3.33. The first-order chi connectivity index (χ1) is 2.89. The molecule has 0 spiro atoms. The second-order valence-corrected chi connectivity index (χ2v) is 4.41. The van der Waals surface area contributed by atoms with Crippen LogP contribution in [0.25, 0.3) is 0 Å². The van der Waals surface area contributed by atoms with E-state index in [0.717, 1.165) is 0 Å². The predicted octanol–water partition coefficient (Wildman–Crippen LogP) is 1.82. The van der Waals surface area contributed by atoms with E-state index < -0.39 is 0 Å². The molecule has 2 heteroatoms. The summed E-state index contributed by atoms with van der Waals surface area (Å²) in [5.74, 6) is 0. The molecule has 0 aromatic rings. The van der Waals surface area contributed by atoms with Crippen molar-refractivity contribution in [3.8, 4) is 0 Å². The summed E-state index contributed by atoms with van der Waals surface area (Å²) in [6.45, 7) is 0. The second kappa shape index (κ2) is 1.81. The molecule has 0 amide bonds. The summed E-state index contributed by atoms with van der Waals surface area (Å²) in [6, 6.07) is 0. The van der Waals surface area contributed by atoms with Crippen molar-refractivity contribution in [3.63, 3.8) is 0 Å². The largest absolute Gasteiger partial charge is 0.198 e. The molecule has 0 saturated carbocycles. The monoisotopic (exact) mass is 118 g/mol. The van der Waals surface area contributed by atoms with Gasteiger partial charge in [-0.2, -0.15) is 10.5 Å². The molecule has 1 unspecified atom stereocenters. The summed E-state index contributed by atoms with van der Waals surface area (Å²) in [5.41, 5.74) is 0. The maximum atomic E-state index is 2.76. The third kappa shape index (κ3) is 0.859. The van der Waals surface area contributed by atoms with Crippen LogP contribution in [0, 0.1) is 0 Å². The molecule has 0 saturated heterocycles. The Labute approximate surface area is 42.6 Å². The van der Waals surface area contributed by atoms with Gasteiger partial charge in [0.1, 0.15) is 0 Å². The number of hydrogen-bond donors (Lipinski definition) is 1. The van der Waals surface area contributed by atoms with Gasteiger partial charge in [-0.25, -0.2) is 0 Å². The fourth-order valence-electron chi connectivity index (χ4n) is 0.348. The van der Waals surface area contributed by atoms with Crippen molar-refractivity contribution < 1.29 is 0 Å². The minimum atomic E-state index is 0.0905. The molecule has 0 bridgehead atoms. The van der Waals surface area contributed by atoms with E-state index >= 15 is 0 Å². The molecule has 1 aliphatic rings. The van der Waals surface area contributed by atoms with Crippen LogP contribution in [0.2, 0.25) is 0 Å². The Kier molecular flexibility index (Phi) is 1.33. The van der Waals surface area contributed by atoms with Crippen LogP contribution >= 0.6 is 19.0 Å². The number of hydrogen-bond acceptors (Lipinski definition) is 0. The maximum Gasteiger partial charge on any atom is -0.0426 e. The molecule has 1 rings (SSSR count). The third-order valence-corrected chi connectivity index (χ3v) is 2.69. The number of rotatable bonds is 0. The minimum Gasteiger partial charge on any atom is -0.198 e. The van der Waals surface area contributed by atoms with E-state index in [-0.39, 0.29) is 10.5 Å². The highest BCUT2D eigenvalue weighted by Gasteiger charge is 1.84. The van der Waals surface area contributed by atoms with Crippen LogP contribution in [0.1, 0.15) is 0 Å². The van der Waals surface area contributed by atoms with E-state index in [1.807, 2.05) is 0 Å². The Balaban J connectivity index is 2.60. The number of allylic oxidation sites excluding steroid dienone is 2. The van der Waals surface area contributed by atoms with E-state index in [9.17, 15) is 0 Å². The lowest BCUT2D eigenvalue weighted by molar-refractivity contribution is 2.15. The van der Waals surface area contributed by atoms with Gasteiger partial charge in [-0.1, -0.05) is 20.6 Å². The van der Waals surface area contributed by atoms with Crippen molar-refractivity contribution in [3.05, 3.63) is 23.0 Å². The SMILES string of the molecule is P[SH]1C=CC=C1. The first-order valence-electron chi connectivity index (χ1n) is 1.77. The molecule has 0 aliphatic carbocycles. The molecule has 1 atom stereocenters. The normalized spacial score (nSPS) is 23.2. The van der Waals surface area contributed by atoms with E-state index in [2.05, 4.69) is 31.4 Å². The highest BCUT2D eigenvalue weighted by atomic mass is 32.7. The molecule has 1 aliphatic heterocycles. The molecule has 0 radical (unpaired) electrons. The Morgan fingerprint density at radius 3 is 1.83 bits per heavy atom. The summed E-state index contributed by atoms with van der Waals surface area (Å²) >= 11 is 0. The van der Waals surface area contributed by atoms with E-state index in [0.29, 0.717) is 0 Å². The highest BCUT2D eigenvalue weighted by molar-refractivity contribution is 8.59. The van der Waals surface area contributed by atoms with Crippen molar-refractivity contribution in [2.24, 2.45) is 0 Å². The zero-order chi connectivity index (χ0) is 4.41. The molecule has 6 heavy (non-hydrogen) atoms. The molecule has 34 valence electrons. The predicted molar refractivity (Wildman–Crippen MR) is 37.0 cm³/mol. The summed E-state index contributed by atoms with van der Waals surface area (Å²) < 4.78 is 0. The van der Waals surface area contributed by atoms with Crippen LogP contribution in [-0.4, -0.2) is 0 Å². The average molecular weight is 118 g/mol. The van der Waals surface area contributed by atoms with Gasteiger partial charge in [0.2, 0.25) is 0 Å². The fraction of sp³-hybridized carbons (Fsp3) is 0. The van der Waals surface area contributed by atoms with Crippen molar-refractivity contribution in [1.29, 1.82) is 0 Å². The van der Waals surface area contributed by atoms with Crippen molar-refractivity contribution in [2.45, 2.75) is 0 Å². The first-order valence-corrected chi connectivity index (χ1v) is 4.87. The molecular formula is C4H7PS. The molecule has 0 nitrogen and oxygen atoms in total. The molecule has 0 aromatic carbocycles. The number of thiol groups is 1. The van der Waals surface area contributed by atoms with E-state index in [1.165, 1.54) is 0 Å². The Morgan fingerprint density at radius 2 is 1.67 bits per heavy atom. The third-order valence-electron chi connectivity index (χ3n) is 0.628. The Bertz CT molecular complexity index is 83.7. The van der Waals surface area contributed by atoms with Crippen LogP contribution < -0.4 is 0 Å². The van der Waals surface area contributed by atoms with Crippen molar-refractivity contribution in [1.82, 2.24) is 0 Å². The van der Waals surface area contributed by atoms with E-state index in [1.54, 1.807) is 0 Å². The molecular weight excluding hydrogens is 111 g/mol. The minimum absolute atomic E-state index is 0.0905. The van der Waals surface area contributed by atoms with Crippen molar-refractivity contribution in [2.75, 3.05) is 0 Å². The Morgan fingerprint density at radius 1 is 1.17 bits per heavy atom. The average Bonchev–Trinajstić information content (AvgIpc) is 1.86. The van der Waals surface area contributed by atoms with Gasteiger partial charge in [-0.15, -0.1) is 0 Å². The van der Waals surface area contributed by atoms with Crippen LogP contribution in [0.5, 0.6) is 0 Å². The topological polar surface area (TPSA) is 0 Å². The lowest BCUT2D eigenvalue weighted by atomic mass is 10.6. The van der Waals surface area contributed by atoms with Crippen LogP contribution in [-0.2, 0) is 0 Å². The Hall–Kier alpha value is 0.260. The summed E-state index contributed by atoms with van der Waals surface area (Å²) in [5, 5.41) is 4.39. The van der Waals surface area contributed by atoms with Gasteiger partial charge in [0.05, 0.1) is 0 Å². The van der Waals surface area contributed by atoms with Gasteiger partial charge in [0.15, 0.2) is 0 Å². The summed E-state index contributed by atoms with van der Waals surface area (Å²) in [7, 11) is 2.85. The smallest absolute Gasteiger partial charge is 0.0426 e. The maximum absolute atomic E-state index is 2.76. The molecule has 0 fully saturated rings. The highest BCUT2D eigenvalue weighted by Crippen LogP contribution is 2.39. The van der Waals surface area contributed by atoms with E-state index in [4.69, 9.17) is 0 Å². The van der Waals surface area contributed by atoms with Crippen LogP contribution in [0.15, 0.2) is 23.0 Å². The van der Waals surface area contributed by atoms with Gasteiger partial charge in [0.25, 0.3) is 0 Å².